The van der Waals surface area contributed by atoms with E-state index in [0.29, 0.717) is 6.07 Å². The van der Waals surface area contributed by atoms with Crippen molar-refractivity contribution in [3.8, 4) is 6.07 Å². The molecule has 0 aliphatic rings. The van der Waals surface area contributed by atoms with Gasteiger partial charge in [0, 0.05) is 5.56 Å². The highest BCUT2D eigenvalue weighted by molar-refractivity contribution is 5.86. The molecule has 0 saturated carbocycles. The van der Waals surface area contributed by atoms with Gasteiger partial charge in [0.25, 0.3) is 6.43 Å². The lowest BCUT2D eigenvalue weighted by Gasteiger charge is -2.05. The summed E-state index contributed by atoms with van der Waals surface area (Å²) in [5.74, 6) is -1.99. The minimum Gasteiger partial charge on any atom is -0.477 e. The van der Waals surface area contributed by atoms with E-state index in [1.54, 1.807) is 0 Å². The van der Waals surface area contributed by atoms with Crippen molar-refractivity contribution < 1.29 is 18.7 Å². The standard InChI is InChI=1S/C8H5F2N3O2/c9-6(10)3-1-5(8(14)15)13-7(12)4(3)2-11/h1,6H,(H2,12,13)(H,14,15). The normalized spacial score (nSPS) is 10.0. The van der Waals surface area contributed by atoms with Crippen LogP contribution in [0.2, 0.25) is 0 Å². The summed E-state index contributed by atoms with van der Waals surface area (Å²) >= 11 is 0. The largest absolute Gasteiger partial charge is 0.477 e. The van der Waals surface area contributed by atoms with Crippen molar-refractivity contribution in [2.45, 2.75) is 6.43 Å². The number of carbonyl (C=O) groups is 1. The number of nitriles is 1. The summed E-state index contributed by atoms with van der Waals surface area (Å²) < 4.78 is 24.8. The minimum absolute atomic E-state index is 0.491. The van der Waals surface area contributed by atoms with E-state index in [2.05, 4.69) is 4.98 Å². The fraction of sp³-hybridized carbons (Fsp3) is 0.125. The molecule has 0 amide bonds. The number of pyridine rings is 1. The molecule has 0 fully saturated rings. The number of halogens is 2. The summed E-state index contributed by atoms with van der Waals surface area (Å²) in [6, 6.07) is 2.09. The molecule has 0 unspecified atom stereocenters. The number of carboxylic acids is 1. The van der Waals surface area contributed by atoms with Gasteiger partial charge in [-0.05, 0) is 6.07 Å². The Morgan fingerprint density at radius 1 is 1.67 bits per heavy atom. The zero-order chi connectivity index (χ0) is 11.6. The Labute approximate surface area is 82.8 Å². The molecule has 0 aliphatic heterocycles. The summed E-state index contributed by atoms with van der Waals surface area (Å²) in [7, 11) is 0. The molecule has 15 heavy (non-hydrogen) atoms. The Morgan fingerprint density at radius 3 is 2.67 bits per heavy atom. The molecule has 5 nitrogen and oxygen atoms in total. The zero-order valence-corrected chi connectivity index (χ0v) is 7.24. The molecule has 0 saturated heterocycles. The summed E-state index contributed by atoms with van der Waals surface area (Å²) in [6.45, 7) is 0. The maximum atomic E-state index is 12.4. The highest BCUT2D eigenvalue weighted by Crippen LogP contribution is 2.26. The lowest BCUT2D eigenvalue weighted by Crippen LogP contribution is -2.08. The SMILES string of the molecule is N#Cc1c(C(F)F)cc(C(=O)O)nc1N. The average molecular weight is 213 g/mol. The van der Waals surface area contributed by atoms with E-state index in [1.807, 2.05) is 0 Å². The number of aromatic carboxylic acids is 1. The molecule has 1 aromatic rings. The Hall–Kier alpha value is -2.23. The molecular weight excluding hydrogens is 208 g/mol. The van der Waals surface area contributed by atoms with Gasteiger partial charge < -0.3 is 10.8 Å². The number of hydrogen-bond donors (Lipinski definition) is 2. The number of hydrogen-bond acceptors (Lipinski definition) is 4. The predicted molar refractivity (Wildman–Crippen MR) is 45.3 cm³/mol. The molecule has 0 spiro atoms. The van der Waals surface area contributed by atoms with Gasteiger partial charge in [0.05, 0.1) is 0 Å². The van der Waals surface area contributed by atoms with Crippen molar-refractivity contribution in [3.05, 3.63) is 22.9 Å². The second-order valence-corrected chi connectivity index (χ2v) is 2.57. The number of rotatable bonds is 2. The number of nitrogens with two attached hydrogens (primary N) is 1. The Kier molecular flexibility index (Phi) is 2.80. The first kappa shape index (κ1) is 10.8. The van der Waals surface area contributed by atoms with Crippen LogP contribution in [0.15, 0.2) is 6.07 Å². The maximum absolute atomic E-state index is 12.4. The van der Waals surface area contributed by atoms with Crippen molar-refractivity contribution in [2.75, 3.05) is 5.73 Å². The highest BCUT2D eigenvalue weighted by Gasteiger charge is 2.20. The van der Waals surface area contributed by atoms with Gasteiger partial charge in [-0.15, -0.1) is 0 Å². The Bertz CT molecular complexity index is 454. The van der Waals surface area contributed by atoms with Gasteiger partial charge in [-0.1, -0.05) is 0 Å². The van der Waals surface area contributed by atoms with Crippen molar-refractivity contribution in [3.63, 3.8) is 0 Å². The molecule has 0 radical (unpaired) electrons. The molecule has 1 heterocycles. The van der Waals surface area contributed by atoms with Crippen LogP contribution in [0.1, 0.15) is 28.0 Å². The first-order valence-electron chi connectivity index (χ1n) is 3.69. The third kappa shape index (κ3) is 1.99. The summed E-state index contributed by atoms with van der Waals surface area (Å²) in [5.41, 5.74) is 3.36. The number of aromatic nitrogens is 1. The number of anilines is 1. The van der Waals surface area contributed by atoms with Crippen LogP contribution in [-0.2, 0) is 0 Å². The van der Waals surface area contributed by atoms with Crippen molar-refractivity contribution in [1.82, 2.24) is 4.98 Å². The van der Waals surface area contributed by atoms with Crippen LogP contribution in [0.5, 0.6) is 0 Å². The predicted octanol–water partition coefficient (Wildman–Crippen LogP) is 1.17. The second kappa shape index (κ2) is 3.88. The molecule has 0 bridgehead atoms. The third-order valence-electron chi connectivity index (χ3n) is 1.64. The molecule has 0 aliphatic carbocycles. The van der Waals surface area contributed by atoms with Crippen molar-refractivity contribution in [2.24, 2.45) is 0 Å². The van der Waals surface area contributed by atoms with E-state index in [1.165, 1.54) is 6.07 Å². The first-order chi connectivity index (χ1) is 6.97. The van der Waals surface area contributed by atoms with Crippen LogP contribution in [0.4, 0.5) is 14.6 Å². The van der Waals surface area contributed by atoms with E-state index in [4.69, 9.17) is 16.1 Å². The van der Waals surface area contributed by atoms with Gasteiger partial charge in [0.15, 0.2) is 5.69 Å². The summed E-state index contributed by atoms with van der Waals surface area (Å²) in [4.78, 5) is 13.8. The fourth-order valence-electron chi connectivity index (χ4n) is 0.989. The fourth-order valence-corrected chi connectivity index (χ4v) is 0.989. The molecule has 3 N–H and O–H groups in total. The topological polar surface area (TPSA) is 100 Å². The number of alkyl halides is 2. The lowest BCUT2D eigenvalue weighted by molar-refractivity contribution is 0.0690. The third-order valence-corrected chi connectivity index (χ3v) is 1.64. The average Bonchev–Trinajstić information content (AvgIpc) is 2.16. The molecule has 1 rings (SSSR count). The van der Waals surface area contributed by atoms with E-state index in [9.17, 15) is 13.6 Å². The molecular formula is C8H5F2N3O2. The molecule has 7 heteroatoms. The number of nitrogens with zero attached hydrogens (tertiary/aromatic N) is 2. The minimum atomic E-state index is -2.97. The van der Waals surface area contributed by atoms with Gasteiger partial charge in [-0.3, -0.25) is 0 Å². The molecule has 78 valence electrons. The smallest absolute Gasteiger partial charge is 0.354 e. The summed E-state index contributed by atoms with van der Waals surface area (Å²) in [6.07, 6.45) is -2.97. The van der Waals surface area contributed by atoms with Crippen LogP contribution in [0, 0.1) is 11.3 Å². The summed E-state index contributed by atoms with van der Waals surface area (Å²) in [5, 5.41) is 17.1. The molecule has 1 aromatic heterocycles. The zero-order valence-electron chi connectivity index (χ0n) is 7.24. The number of nitrogen functional groups attached to an aromatic ring is 1. The number of carboxylic acid groups (broad SMARTS) is 1. The monoisotopic (exact) mass is 213 g/mol. The Balaban J connectivity index is 3.47. The Morgan fingerprint density at radius 2 is 2.27 bits per heavy atom. The van der Waals surface area contributed by atoms with Crippen LogP contribution >= 0.6 is 0 Å². The van der Waals surface area contributed by atoms with Gasteiger partial charge in [-0.25, -0.2) is 18.6 Å². The molecule has 0 aromatic carbocycles. The van der Waals surface area contributed by atoms with Crippen LogP contribution in [0.3, 0.4) is 0 Å². The van der Waals surface area contributed by atoms with E-state index >= 15 is 0 Å². The van der Waals surface area contributed by atoms with Crippen molar-refractivity contribution in [1.29, 1.82) is 5.26 Å². The van der Waals surface area contributed by atoms with E-state index < -0.39 is 35.0 Å². The van der Waals surface area contributed by atoms with Gasteiger partial charge in [-0.2, -0.15) is 5.26 Å². The van der Waals surface area contributed by atoms with Crippen LogP contribution in [-0.4, -0.2) is 16.1 Å². The van der Waals surface area contributed by atoms with Gasteiger partial charge >= 0.3 is 5.97 Å². The maximum Gasteiger partial charge on any atom is 0.354 e. The van der Waals surface area contributed by atoms with Gasteiger partial charge in [0.1, 0.15) is 17.5 Å². The van der Waals surface area contributed by atoms with E-state index in [0.717, 1.165) is 0 Å². The highest BCUT2D eigenvalue weighted by atomic mass is 19.3. The second-order valence-electron chi connectivity index (χ2n) is 2.57. The van der Waals surface area contributed by atoms with Crippen LogP contribution in [0.25, 0.3) is 0 Å². The van der Waals surface area contributed by atoms with E-state index in [-0.39, 0.29) is 0 Å². The molecule has 0 atom stereocenters. The lowest BCUT2D eigenvalue weighted by atomic mass is 10.1. The van der Waals surface area contributed by atoms with Crippen LogP contribution < -0.4 is 5.73 Å². The first-order valence-corrected chi connectivity index (χ1v) is 3.69. The quantitative estimate of drug-likeness (QED) is 0.767. The van der Waals surface area contributed by atoms with Crippen molar-refractivity contribution >= 4 is 11.8 Å². The van der Waals surface area contributed by atoms with Gasteiger partial charge in [0.2, 0.25) is 0 Å².